The molecule has 0 radical (unpaired) electrons. The third kappa shape index (κ3) is 5.72. The maximum absolute atomic E-state index is 13.1. The fraction of sp³-hybridized carbons (Fsp3) is 0.368. The molecule has 0 bridgehead atoms. The van der Waals surface area contributed by atoms with E-state index in [1.165, 1.54) is 17.7 Å². The summed E-state index contributed by atoms with van der Waals surface area (Å²) in [5.41, 5.74) is 0.464. The van der Waals surface area contributed by atoms with Crippen molar-refractivity contribution in [3.05, 3.63) is 65.7 Å². The number of rotatable bonds is 8. The molecule has 25 heavy (non-hydrogen) atoms. The SMILES string of the molecule is CCOP(=O)(CCCCc1ccccc1)c1ccc(C(F)(F)F)cc1. The van der Waals surface area contributed by atoms with Crippen molar-refractivity contribution in [3.8, 4) is 0 Å². The lowest BCUT2D eigenvalue weighted by Crippen LogP contribution is -2.13. The van der Waals surface area contributed by atoms with E-state index in [1.54, 1.807) is 6.92 Å². The number of hydrogen-bond donors (Lipinski definition) is 0. The van der Waals surface area contributed by atoms with Crippen LogP contribution in [0.5, 0.6) is 0 Å². The van der Waals surface area contributed by atoms with Gasteiger partial charge in [0.05, 0.1) is 12.2 Å². The van der Waals surface area contributed by atoms with Crippen molar-refractivity contribution >= 4 is 12.7 Å². The van der Waals surface area contributed by atoms with Crippen molar-refractivity contribution in [3.63, 3.8) is 0 Å². The first-order valence-corrected chi connectivity index (χ1v) is 10.1. The van der Waals surface area contributed by atoms with Gasteiger partial charge in [-0.15, -0.1) is 0 Å². The van der Waals surface area contributed by atoms with Gasteiger partial charge >= 0.3 is 6.18 Å². The van der Waals surface area contributed by atoms with Gasteiger partial charge in [-0.1, -0.05) is 30.3 Å². The molecule has 2 aromatic rings. The highest BCUT2D eigenvalue weighted by atomic mass is 31.2. The molecular weight excluding hydrogens is 348 g/mol. The van der Waals surface area contributed by atoms with Crippen LogP contribution in [0, 0.1) is 0 Å². The zero-order valence-electron chi connectivity index (χ0n) is 14.1. The van der Waals surface area contributed by atoms with Gasteiger partial charge in [-0.25, -0.2) is 0 Å². The lowest BCUT2D eigenvalue weighted by molar-refractivity contribution is -0.137. The van der Waals surface area contributed by atoms with Crippen molar-refractivity contribution in [1.82, 2.24) is 0 Å². The number of benzene rings is 2. The molecule has 0 saturated heterocycles. The van der Waals surface area contributed by atoms with Gasteiger partial charge in [-0.2, -0.15) is 13.2 Å². The molecule has 0 aromatic heterocycles. The Balaban J connectivity index is 2.01. The van der Waals surface area contributed by atoms with Crippen LogP contribution in [0.2, 0.25) is 0 Å². The van der Waals surface area contributed by atoms with E-state index in [4.69, 9.17) is 4.52 Å². The van der Waals surface area contributed by atoms with Gasteiger partial charge in [0.25, 0.3) is 0 Å². The Bertz CT molecular complexity index is 697. The second-order valence-corrected chi connectivity index (χ2v) is 8.37. The van der Waals surface area contributed by atoms with Gasteiger partial charge in [-0.3, -0.25) is 4.57 Å². The minimum absolute atomic E-state index is 0.261. The highest BCUT2D eigenvalue weighted by Crippen LogP contribution is 2.47. The molecule has 1 atom stereocenters. The van der Waals surface area contributed by atoms with Crippen LogP contribution in [0.4, 0.5) is 13.2 Å². The first-order valence-electron chi connectivity index (χ1n) is 8.30. The van der Waals surface area contributed by atoms with Crippen molar-refractivity contribution in [2.24, 2.45) is 0 Å². The van der Waals surface area contributed by atoms with E-state index in [9.17, 15) is 17.7 Å². The number of unbranched alkanes of at least 4 members (excludes halogenated alkanes) is 1. The minimum atomic E-state index is -4.40. The Morgan fingerprint density at radius 2 is 1.60 bits per heavy atom. The standard InChI is InChI=1S/C19H22F3O2P/c1-2-24-25(23,15-7-6-10-16-8-4-3-5-9-16)18-13-11-17(12-14-18)19(20,21)22/h3-5,8-9,11-14H,2,6-7,10,15H2,1H3. The molecule has 0 aliphatic carbocycles. The molecule has 6 heteroatoms. The summed E-state index contributed by atoms with van der Waals surface area (Å²) < 4.78 is 56.6. The van der Waals surface area contributed by atoms with Crippen LogP contribution in [-0.2, 0) is 21.7 Å². The van der Waals surface area contributed by atoms with E-state index in [2.05, 4.69) is 0 Å². The van der Waals surface area contributed by atoms with Crippen LogP contribution in [-0.4, -0.2) is 12.8 Å². The molecule has 0 N–H and O–H groups in total. The normalized spacial score (nSPS) is 14.2. The quantitative estimate of drug-likeness (QED) is 0.442. The van der Waals surface area contributed by atoms with Crippen molar-refractivity contribution in [1.29, 1.82) is 0 Å². The first kappa shape index (κ1) is 19.7. The van der Waals surface area contributed by atoms with E-state index in [0.717, 1.165) is 25.0 Å². The van der Waals surface area contributed by atoms with E-state index in [1.807, 2.05) is 30.3 Å². The molecule has 0 saturated carbocycles. The van der Waals surface area contributed by atoms with Crippen molar-refractivity contribution in [2.45, 2.75) is 32.4 Å². The molecule has 2 aromatic carbocycles. The summed E-state index contributed by atoms with van der Waals surface area (Å²) in [5.74, 6) is 0. The molecule has 0 amide bonds. The Kier molecular flexibility index (Phi) is 6.86. The van der Waals surface area contributed by atoms with Crippen LogP contribution in [0.25, 0.3) is 0 Å². The number of hydrogen-bond acceptors (Lipinski definition) is 2. The van der Waals surface area contributed by atoms with E-state index >= 15 is 0 Å². The third-order valence-electron chi connectivity index (χ3n) is 3.94. The number of halogens is 3. The summed E-state index contributed by atoms with van der Waals surface area (Å²) in [6.07, 6.45) is -1.66. The smallest absolute Gasteiger partial charge is 0.326 e. The summed E-state index contributed by atoms with van der Waals surface area (Å²) in [7, 11) is -3.13. The highest BCUT2D eigenvalue weighted by Gasteiger charge is 2.31. The Morgan fingerprint density at radius 3 is 2.16 bits per heavy atom. The monoisotopic (exact) mass is 370 g/mol. The molecule has 0 spiro atoms. The van der Waals surface area contributed by atoms with Crippen LogP contribution in [0.3, 0.4) is 0 Å². The predicted molar refractivity (Wildman–Crippen MR) is 94.6 cm³/mol. The lowest BCUT2D eigenvalue weighted by Gasteiger charge is -2.19. The number of alkyl halides is 3. The molecular formula is C19H22F3O2P. The topological polar surface area (TPSA) is 26.3 Å². The second-order valence-electron chi connectivity index (χ2n) is 5.80. The molecule has 2 rings (SSSR count). The van der Waals surface area contributed by atoms with Gasteiger partial charge in [0.1, 0.15) is 0 Å². The van der Waals surface area contributed by atoms with E-state index in [0.29, 0.717) is 17.9 Å². The summed E-state index contributed by atoms with van der Waals surface area (Å²) >= 11 is 0. The maximum Gasteiger partial charge on any atom is 0.416 e. The molecule has 0 heterocycles. The van der Waals surface area contributed by atoms with Crippen LogP contribution in [0.15, 0.2) is 54.6 Å². The van der Waals surface area contributed by atoms with E-state index < -0.39 is 19.1 Å². The first-order chi connectivity index (χ1) is 11.8. The summed E-state index contributed by atoms with van der Waals surface area (Å²) in [4.78, 5) is 0. The largest absolute Gasteiger partial charge is 0.416 e. The molecule has 136 valence electrons. The van der Waals surface area contributed by atoms with Crippen molar-refractivity contribution in [2.75, 3.05) is 12.8 Å². The third-order valence-corrected chi connectivity index (χ3v) is 6.60. The molecule has 1 unspecified atom stereocenters. The number of aryl methyl sites for hydroxylation is 1. The molecule has 0 fully saturated rings. The predicted octanol–water partition coefficient (Wildman–Crippen LogP) is 5.67. The van der Waals surface area contributed by atoms with Crippen molar-refractivity contribution < 1.29 is 22.3 Å². The fourth-order valence-electron chi connectivity index (χ4n) is 2.65. The molecule has 0 aliphatic heterocycles. The van der Waals surface area contributed by atoms with Gasteiger partial charge in [0.2, 0.25) is 7.37 Å². The Labute approximate surface area is 146 Å². The zero-order chi connectivity index (χ0) is 18.3. The maximum atomic E-state index is 13.1. The van der Waals surface area contributed by atoms with Crippen LogP contribution in [0.1, 0.15) is 30.9 Å². The van der Waals surface area contributed by atoms with Crippen LogP contribution < -0.4 is 5.30 Å². The second kappa shape index (κ2) is 8.68. The van der Waals surface area contributed by atoms with Gasteiger partial charge < -0.3 is 4.52 Å². The highest BCUT2D eigenvalue weighted by molar-refractivity contribution is 7.67. The zero-order valence-corrected chi connectivity index (χ0v) is 15.0. The van der Waals surface area contributed by atoms with Crippen LogP contribution >= 0.6 is 7.37 Å². The lowest BCUT2D eigenvalue weighted by atomic mass is 10.1. The Hall–Kier alpha value is -1.58. The van der Waals surface area contributed by atoms with Gasteiger partial charge in [-0.05, 0) is 56.0 Å². The molecule has 2 nitrogen and oxygen atoms in total. The summed E-state index contributed by atoms with van der Waals surface area (Å²) in [5, 5.41) is 0.349. The summed E-state index contributed by atoms with van der Waals surface area (Å²) in [6.45, 7) is 2.00. The molecule has 0 aliphatic rings. The Morgan fingerprint density at radius 1 is 0.960 bits per heavy atom. The summed E-state index contributed by atoms with van der Waals surface area (Å²) in [6, 6.07) is 14.5. The fourth-order valence-corrected chi connectivity index (χ4v) is 4.84. The van der Waals surface area contributed by atoms with E-state index in [-0.39, 0.29) is 6.61 Å². The minimum Gasteiger partial charge on any atom is -0.326 e. The average Bonchev–Trinajstić information content (AvgIpc) is 2.59. The average molecular weight is 370 g/mol. The van der Waals surface area contributed by atoms with Gasteiger partial charge in [0, 0.05) is 11.5 Å². The van der Waals surface area contributed by atoms with Gasteiger partial charge in [0.15, 0.2) is 0 Å².